The van der Waals surface area contributed by atoms with Crippen LogP contribution in [0.25, 0.3) is 11.1 Å². The molecule has 0 saturated heterocycles. The van der Waals surface area contributed by atoms with E-state index in [2.05, 4.69) is 140 Å². The highest BCUT2D eigenvalue weighted by molar-refractivity contribution is 5.98. The maximum Gasteiger partial charge on any atom is 0.0355 e. The van der Waals surface area contributed by atoms with Crippen LogP contribution in [0.5, 0.6) is 0 Å². The van der Waals surface area contributed by atoms with Crippen LogP contribution >= 0.6 is 0 Å². The Morgan fingerprint density at radius 2 is 0.972 bits per heavy atom. The highest BCUT2D eigenvalue weighted by Gasteiger charge is 2.37. The number of allylic oxidation sites excluding steroid dienone is 2. The molecule has 2 aliphatic carbocycles. The van der Waals surface area contributed by atoms with Crippen molar-refractivity contribution in [1.29, 1.82) is 0 Å². The van der Waals surface area contributed by atoms with Crippen LogP contribution in [0.1, 0.15) is 44.9 Å². The fourth-order valence-electron chi connectivity index (χ4n) is 6.18. The lowest BCUT2D eigenvalue weighted by molar-refractivity contribution is 0.968. The number of fused-ring (bicyclic) bond motifs is 2. The summed E-state index contributed by atoms with van der Waals surface area (Å²) in [5.41, 5.74) is 15.1. The molecule has 5 aromatic carbocycles. The molecule has 0 heteroatoms. The molecule has 0 aliphatic heterocycles. The first kappa shape index (κ1) is 20.9. The molecule has 0 aromatic heterocycles. The lowest BCUT2D eigenvalue weighted by atomic mass is 9.81. The first-order valence-corrected chi connectivity index (χ1v) is 12.7. The van der Waals surface area contributed by atoms with Crippen LogP contribution in [0.3, 0.4) is 0 Å². The van der Waals surface area contributed by atoms with E-state index in [-0.39, 0.29) is 5.92 Å². The first-order valence-electron chi connectivity index (χ1n) is 12.7. The molecule has 0 fully saturated rings. The van der Waals surface area contributed by atoms with Gasteiger partial charge in [-0.05, 0) is 67.7 Å². The third-order valence-electron chi connectivity index (χ3n) is 7.64. The normalized spacial score (nSPS) is 16.3. The molecule has 36 heavy (non-hydrogen) atoms. The summed E-state index contributed by atoms with van der Waals surface area (Å²) < 4.78 is 0. The maximum absolute atomic E-state index is 2.33. The molecule has 2 aliphatic rings. The van der Waals surface area contributed by atoms with Crippen LogP contribution in [0, 0.1) is 0 Å². The van der Waals surface area contributed by atoms with E-state index in [0.29, 0.717) is 0 Å². The molecule has 0 amide bonds. The zero-order valence-corrected chi connectivity index (χ0v) is 20.1. The van der Waals surface area contributed by atoms with Crippen molar-refractivity contribution in [3.8, 4) is 0 Å². The van der Waals surface area contributed by atoms with Crippen LogP contribution in [0.4, 0.5) is 0 Å². The third kappa shape index (κ3) is 3.30. The van der Waals surface area contributed by atoms with Gasteiger partial charge in [-0.2, -0.15) is 0 Å². The minimum Gasteiger partial charge on any atom is -0.0622 e. The van der Waals surface area contributed by atoms with E-state index >= 15 is 0 Å². The smallest absolute Gasteiger partial charge is 0.0355 e. The number of hydrogen-bond acceptors (Lipinski definition) is 0. The Morgan fingerprint density at radius 3 is 1.67 bits per heavy atom. The average Bonchev–Trinajstić information content (AvgIpc) is 3.50. The highest BCUT2D eigenvalue weighted by Crippen LogP contribution is 2.54. The molecule has 0 N–H and O–H groups in total. The quantitative estimate of drug-likeness (QED) is 0.253. The van der Waals surface area contributed by atoms with Crippen LogP contribution < -0.4 is 0 Å². The minimum atomic E-state index is 0.195. The van der Waals surface area contributed by atoms with E-state index in [1.807, 2.05) is 0 Å². The van der Waals surface area contributed by atoms with Gasteiger partial charge in [0.05, 0.1) is 0 Å². The van der Waals surface area contributed by atoms with Crippen LogP contribution in [-0.2, 0) is 6.42 Å². The molecule has 0 spiro atoms. The van der Waals surface area contributed by atoms with Crippen LogP contribution in [0.2, 0.25) is 0 Å². The molecule has 0 nitrogen and oxygen atoms in total. The van der Waals surface area contributed by atoms with Gasteiger partial charge in [-0.25, -0.2) is 0 Å². The topological polar surface area (TPSA) is 0 Å². The van der Waals surface area contributed by atoms with Gasteiger partial charge in [0, 0.05) is 5.92 Å². The van der Waals surface area contributed by atoms with E-state index in [4.69, 9.17) is 0 Å². The molecule has 0 radical (unpaired) electrons. The second-order valence-electron chi connectivity index (χ2n) is 9.64. The Kier molecular flexibility index (Phi) is 5.03. The Bertz CT molecular complexity index is 1620. The van der Waals surface area contributed by atoms with E-state index in [0.717, 1.165) is 6.42 Å². The second-order valence-corrected chi connectivity index (χ2v) is 9.64. The second kappa shape index (κ2) is 8.66. The zero-order chi connectivity index (χ0) is 23.9. The van der Waals surface area contributed by atoms with Gasteiger partial charge in [0.15, 0.2) is 0 Å². The van der Waals surface area contributed by atoms with E-state index in [1.165, 1.54) is 61.2 Å². The zero-order valence-electron chi connectivity index (χ0n) is 20.1. The average molecular weight is 459 g/mol. The van der Waals surface area contributed by atoms with Crippen molar-refractivity contribution in [3.63, 3.8) is 0 Å². The van der Waals surface area contributed by atoms with Crippen molar-refractivity contribution in [3.05, 3.63) is 190 Å². The summed E-state index contributed by atoms with van der Waals surface area (Å²) in [6.45, 7) is 0. The monoisotopic (exact) mass is 458 g/mol. The summed E-state index contributed by atoms with van der Waals surface area (Å²) in [4.78, 5) is 0. The van der Waals surface area contributed by atoms with E-state index in [9.17, 15) is 0 Å². The van der Waals surface area contributed by atoms with Crippen LogP contribution in [-0.4, -0.2) is 0 Å². The van der Waals surface area contributed by atoms with E-state index < -0.39 is 0 Å². The van der Waals surface area contributed by atoms with Crippen molar-refractivity contribution in [2.45, 2.75) is 12.3 Å². The summed E-state index contributed by atoms with van der Waals surface area (Å²) in [5.74, 6) is 0.195. The molecule has 170 valence electrons. The molecule has 0 bridgehead atoms. The third-order valence-corrected chi connectivity index (χ3v) is 7.64. The predicted octanol–water partition coefficient (Wildman–Crippen LogP) is 8.69. The molecule has 7 rings (SSSR count). The van der Waals surface area contributed by atoms with Crippen molar-refractivity contribution in [2.75, 3.05) is 0 Å². The summed E-state index contributed by atoms with van der Waals surface area (Å²) >= 11 is 0. The molecule has 5 aromatic rings. The summed E-state index contributed by atoms with van der Waals surface area (Å²) in [7, 11) is 0. The van der Waals surface area contributed by atoms with E-state index in [1.54, 1.807) is 0 Å². The van der Waals surface area contributed by atoms with Gasteiger partial charge in [0.25, 0.3) is 0 Å². The predicted molar refractivity (Wildman–Crippen MR) is 150 cm³/mol. The molecular formula is C36H26. The Morgan fingerprint density at radius 1 is 0.444 bits per heavy atom. The van der Waals surface area contributed by atoms with Gasteiger partial charge in [-0.3, -0.25) is 0 Å². The molecule has 0 unspecified atom stereocenters. The highest BCUT2D eigenvalue weighted by atomic mass is 14.4. The molecule has 0 heterocycles. The largest absolute Gasteiger partial charge is 0.0622 e. The van der Waals surface area contributed by atoms with Crippen molar-refractivity contribution in [2.24, 2.45) is 0 Å². The first-order chi connectivity index (χ1) is 17.9. The lowest BCUT2D eigenvalue weighted by Crippen LogP contribution is -2.05. The molecule has 0 saturated carbocycles. The van der Waals surface area contributed by atoms with Crippen molar-refractivity contribution < 1.29 is 0 Å². The van der Waals surface area contributed by atoms with Gasteiger partial charge < -0.3 is 0 Å². The molecule has 1 atom stereocenters. The van der Waals surface area contributed by atoms with Gasteiger partial charge >= 0.3 is 0 Å². The SMILES string of the molecule is c1ccc(C2=C(C3=C(c4ccccc4)c4ccccc4[C@@H]3c3ccccc3)Cc3ccccc32)cc1. The Hall–Kier alpha value is -4.42. The fraction of sp³-hybridized carbons (Fsp3) is 0.0556. The van der Waals surface area contributed by atoms with Gasteiger partial charge in [-0.1, -0.05) is 140 Å². The lowest BCUT2D eigenvalue weighted by Gasteiger charge is -2.21. The summed E-state index contributed by atoms with van der Waals surface area (Å²) in [6, 6.07) is 50.9. The van der Waals surface area contributed by atoms with Crippen LogP contribution in [0.15, 0.2) is 151 Å². The molecular weight excluding hydrogens is 432 g/mol. The Labute approximate surface area is 212 Å². The van der Waals surface area contributed by atoms with Gasteiger partial charge in [-0.15, -0.1) is 0 Å². The van der Waals surface area contributed by atoms with Crippen molar-refractivity contribution in [1.82, 2.24) is 0 Å². The number of hydrogen-bond donors (Lipinski definition) is 0. The Balaban J connectivity index is 1.60. The minimum absolute atomic E-state index is 0.195. The number of rotatable bonds is 4. The summed E-state index contributed by atoms with van der Waals surface area (Å²) in [5, 5.41) is 0. The summed E-state index contributed by atoms with van der Waals surface area (Å²) in [6.07, 6.45) is 0.948. The van der Waals surface area contributed by atoms with Gasteiger partial charge in [0.1, 0.15) is 0 Å². The number of benzene rings is 5. The van der Waals surface area contributed by atoms with Gasteiger partial charge in [0.2, 0.25) is 0 Å². The van der Waals surface area contributed by atoms with Crippen molar-refractivity contribution >= 4 is 11.1 Å². The standard InChI is InChI=1S/C36H26/c1-4-14-25(15-5-1)33-29-21-11-10-20-28(29)24-32(33)36-34(26-16-6-2-7-17-26)30-22-12-13-23-31(30)35(36)27-18-8-3-9-19-27/h1-23,34H,24H2/t34-/m0/s1. The fourth-order valence-corrected chi connectivity index (χ4v) is 6.18. The maximum atomic E-state index is 2.33.